The van der Waals surface area contributed by atoms with Crippen LogP contribution in [0.15, 0.2) is 18.2 Å². The van der Waals surface area contributed by atoms with Crippen LogP contribution in [0.4, 0.5) is 4.79 Å². The lowest BCUT2D eigenvalue weighted by molar-refractivity contribution is 0.229. The summed E-state index contributed by atoms with van der Waals surface area (Å²) < 4.78 is 5.50. The molecule has 0 fully saturated rings. The standard InChI is InChI=1S/C16H24N2O2/c1-11(17-15(19)18-16(2,3)4)9-12-5-6-14-13(10-12)7-8-20-14/h5-6,10-11H,7-9H2,1-4H3,(H2,17,18,19)/t11-/m0/s1. The Morgan fingerprint density at radius 2 is 2.15 bits per heavy atom. The monoisotopic (exact) mass is 276 g/mol. The van der Waals surface area contributed by atoms with Gasteiger partial charge in [0.05, 0.1) is 6.61 Å². The van der Waals surface area contributed by atoms with E-state index in [9.17, 15) is 4.79 Å². The highest BCUT2D eigenvalue weighted by molar-refractivity contribution is 5.74. The molecule has 20 heavy (non-hydrogen) atoms. The Morgan fingerprint density at radius 1 is 1.40 bits per heavy atom. The van der Waals surface area contributed by atoms with E-state index < -0.39 is 0 Å². The van der Waals surface area contributed by atoms with Gasteiger partial charge in [0.2, 0.25) is 0 Å². The summed E-state index contributed by atoms with van der Waals surface area (Å²) in [6.45, 7) is 8.71. The molecule has 0 radical (unpaired) electrons. The minimum absolute atomic E-state index is 0.0951. The summed E-state index contributed by atoms with van der Waals surface area (Å²) in [7, 11) is 0. The summed E-state index contributed by atoms with van der Waals surface area (Å²) in [4.78, 5) is 11.8. The zero-order valence-electron chi connectivity index (χ0n) is 12.7. The zero-order chi connectivity index (χ0) is 14.8. The van der Waals surface area contributed by atoms with Gasteiger partial charge >= 0.3 is 6.03 Å². The topological polar surface area (TPSA) is 50.4 Å². The highest BCUT2D eigenvalue weighted by Crippen LogP contribution is 2.26. The quantitative estimate of drug-likeness (QED) is 0.891. The van der Waals surface area contributed by atoms with Gasteiger partial charge < -0.3 is 15.4 Å². The fourth-order valence-electron chi connectivity index (χ4n) is 2.37. The van der Waals surface area contributed by atoms with Gasteiger partial charge in [-0.05, 0) is 51.3 Å². The van der Waals surface area contributed by atoms with E-state index in [1.54, 1.807) is 0 Å². The number of amides is 2. The highest BCUT2D eigenvalue weighted by atomic mass is 16.5. The van der Waals surface area contributed by atoms with Crippen LogP contribution in [-0.2, 0) is 12.8 Å². The van der Waals surface area contributed by atoms with Crippen molar-refractivity contribution in [2.45, 2.75) is 52.1 Å². The molecule has 1 heterocycles. The molecule has 1 aliphatic heterocycles. The molecule has 0 unspecified atom stereocenters. The molecule has 2 amide bonds. The van der Waals surface area contributed by atoms with Crippen LogP contribution in [0.3, 0.4) is 0 Å². The molecule has 0 aromatic heterocycles. The van der Waals surface area contributed by atoms with Crippen LogP contribution in [0, 0.1) is 0 Å². The first-order chi connectivity index (χ1) is 9.33. The van der Waals surface area contributed by atoms with Crippen LogP contribution < -0.4 is 15.4 Å². The third-order valence-corrected chi connectivity index (χ3v) is 3.16. The van der Waals surface area contributed by atoms with Gasteiger partial charge in [0.1, 0.15) is 5.75 Å². The van der Waals surface area contributed by atoms with Crippen LogP contribution in [0.2, 0.25) is 0 Å². The summed E-state index contributed by atoms with van der Waals surface area (Å²) in [5.41, 5.74) is 2.29. The first kappa shape index (κ1) is 14.7. The maximum atomic E-state index is 11.8. The normalized spacial score (nSPS) is 15.2. The van der Waals surface area contributed by atoms with Crippen LogP contribution in [0.1, 0.15) is 38.8 Å². The number of rotatable bonds is 3. The molecular weight excluding hydrogens is 252 g/mol. The molecule has 4 heteroatoms. The van der Waals surface area contributed by atoms with Gasteiger partial charge in [-0.25, -0.2) is 4.79 Å². The first-order valence-electron chi connectivity index (χ1n) is 7.17. The second-order valence-electron chi connectivity index (χ2n) is 6.49. The second-order valence-corrected chi connectivity index (χ2v) is 6.49. The van der Waals surface area contributed by atoms with E-state index in [0.717, 1.165) is 25.2 Å². The van der Waals surface area contributed by atoms with E-state index in [-0.39, 0.29) is 17.6 Å². The number of carbonyl (C=O) groups excluding carboxylic acids is 1. The number of hydrogen-bond acceptors (Lipinski definition) is 2. The smallest absolute Gasteiger partial charge is 0.315 e. The lowest BCUT2D eigenvalue weighted by atomic mass is 10.0. The molecule has 0 aliphatic carbocycles. The molecule has 4 nitrogen and oxygen atoms in total. The fourth-order valence-corrected chi connectivity index (χ4v) is 2.37. The number of carbonyl (C=O) groups is 1. The van der Waals surface area contributed by atoms with Gasteiger partial charge in [0, 0.05) is 18.0 Å². The number of urea groups is 1. The van der Waals surface area contributed by atoms with Gasteiger partial charge in [0.25, 0.3) is 0 Å². The van der Waals surface area contributed by atoms with Gasteiger partial charge in [-0.3, -0.25) is 0 Å². The molecule has 0 saturated heterocycles. The third kappa shape index (κ3) is 4.15. The maximum Gasteiger partial charge on any atom is 0.315 e. The Balaban J connectivity index is 1.88. The molecular formula is C16H24N2O2. The molecule has 1 aromatic carbocycles. The van der Waals surface area contributed by atoms with Crippen LogP contribution in [0.5, 0.6) is 5.75 Å². The van der Waals surface area contributed by atoms with E-state index in [2.05, 4.69) is 22.8 Å². The van der Waals surface area contributed by atoms with Gasteiger partial charge in [-0.1, -0.05) is 12.1 Å². The molecule has 0 bridgehead atoms. The molecule has 1 atom stereocenters. The third-order valence-electron chi connectivity index (χ3n) is 3.16. The van der Waals surface area contributed by atoms with Gasteiger partial charge in [-0.15, -0.1) is 0 Å². The predicted octanol–water partition coefficient (Wildman–Crippen LogP) is 2.65. The van der Waals surface area contributed by atoms with Crippen molar-refractivity contribution in [1.29, 1.82) is 0 Å². The number of hydrogen-bond donors (Lipinski definition) is 2. The Labute approximate surface area is 120 Å². The average Bonchev–Trinajstić information content (AvgIpc) is 2.72. The molecule has 0 saturated carbocycles. The zero-order valence-corrected chi connectivity index (χ0v) is 12.7. The van der Waals surface area contributed by atoms with Crippen molar-refractivity contribution in [3.8, 4) is 5.75 Å². The maximum absolute atomic E-state index is 11.8. The molecule has 1 aromatic rings. The van der Waals surface area contributed by atoms with E-state index in [1.807, 2.05) is 33.8 Å². The lowest BCUT2D eigenvalue weighted by Crippen LogP contribution is -2.49. The van der Waals surface area contributed by atoms with Crippen molar-refractivity contribution in [1.82, 2.24) is 10.6 Å². The SMILES string of the molecule is C[C@@H](Cc1ccc2c(c1)CCO2)NC(=O)NC(C)(C)C. The van der Waals surface area contributed by atoms with E-state index in [4.69, 9.17) is 4.74 Å². The Morgan fingerprint density at radius 3 is 2.85 bits per heavy atom. The van der Waals surface area contributed by atoms with Crippen LogP contribution in [-0.4, -0.2) is 24.2 Å². The van der Waals surface area contributed by atoms with Crippen LogP contribution in [0.25, 0.3) is 0 Å². The molecule has 0 spiro atoms. The minimum atomic E-state index is -0.214. The minimum Gasteiger partial charge on any atom is -0.493 e. The number of ether oxygens (including phenoxy) is 1. The van der Waals surface area contributed by atoms with E-state index in [1.165, 1.54) is 11.1 Å². The number of benzene rings is 1. The van der Waals surface area contributed by atoms with Crippen molar-refractivity contribution in [2.75, 3.05) is 6.61 Å². The molecule has 2 N–H and O–H groups in total. The fraction of sp³-hybridized carbons (Fsp3) is 0.562. The Hall–Kier alpha value is -1.71. The summed E-state index contributed by atoms with van der Waals surface area (Å²) in [6.07, 6.45) is 1.81. The van der Waals surface area contributed by atoms with Gasteiger partial charge in [0.15, 0.2) is 0 Å². The highest BCUT2D eigenvalue weighted by Gasteiger charge is 2.16. The average molecular weight is 276 g/mol. The van der Waals surface area contributed by atoms with Crippen molar-refractivity contribution in [3.63, 3.8) is 0 Å². The van der Waals surface area contributed by atoms with Crippen molar-refractivity contribution in [2.24, 2.45) is 0 Å². The summed E-state index contributed by atoms with van der Waals surface area (Å²) in [5.74, 6) is 1.000. The summed E-state index contributed by atoms with van der Waals surface area (Å²) in [6, 6.07) is 6.26. The molecule has 1 aliphatic rings. The Bertz CT molecular complexity index is 492. The number of nitrogens with one attached hydrogen (secondary N) is 2. The van der Waals surface area contributed by atoms with Crippen molar-refractivity contribution in [3.05, 3.63) is 29.3 Å². The van der Waals surface area contributed by atoms with Crippen molar-refractivity contribution < 1.29 is 9.53 Å². The largest absolute Gasteiger partial charge is 0.493 e. The first-order valence-corrected chi connectivity index (χ1v) is 7.17. The predicted molar refractivity (Wildman–Crippen MR) is 80.2 cm³/mol. The summed E-state index contributed by atoms with van der Waals surface area (Å²) in [5, 5.41) is 5.88. The second kappa shape index (κ2) is 5.73. The van der Waals surface area contributed by atoms with E-state index in [0.29, 0.717) is 0 Å². The molecule has 110 valence electrons. The molecule has 2 rings (SSSR count). The van der Waals surface area contributed by atoms with Crippen LogP contribution >= 0.6 is 0 Å². The lowest BCUT2D eigenvalue weighted by Gasteiger charge is -2.23. The van der Waals surface area contributed by atoms with Gasteiger partial charge in [-0.2, -0.15) is 0 Å². The van der Waals surface area contributed by atoms with E-state index >= 15 is 0 Å². The summed E-state index contributed by atoms with van der Waals surface area (Å²) >= 11 is 0. The number of fused-ring (bicyclic) bond motifs is 1. The Kier molecular flexibility index (Phi) is 4.21. The van der Waals surface area contributed by atoms with Crippen molar-refractivity contribution >= 4 is 6.03 Å².